The van der Waals surface area contributed by atoms with E-state index >= 15 is 0 Å². The minimum absolute atomic E-state index is 0.0775. The molecule has 0 fully saturated rings. The van der Waals surface area contributed by atoms with Crippen molar-refractivity contribution >= 4 is 13.8 Å². The van der Waals surface area contributed by atoms with Crippen LogP contribution in [-0.2, 0) is 23.1 Å². The molecule has 0 N–H and O–H groups in total. The lowest BCUT2D eigenvalue weighted by Crippen LogP contribution is -2.51. The van der Waals surface area contributed by atoms with Crippen LogP contribution in [0, 0.1) is 0 Å². The van der Waals surface area contributed by atoms with Gasteiger partial charge in [0.15, 0.2) is 0 Å². The molecular weight excluding hydrogens is 381 g/mol. The number of hydrogen-bond donors (Lipinski definition) is 0. The maximum atomic E-state index is 11.9. The second kappa shape index (κ2) is 15.2. The summed E-state index contributed by atoms with van der Waals surface area (Å²) in [6.07, 6.45) is 5.10. The zero-order chi connectivity index (χ0) is 21.5. The lowest BCUT2D eigenvalue weighted by atomic mass is 10.2. The highest BCUT2D eigenvalue weighted by atomic mass is 31.2. The van der Waals surface area contributed by atoms with E-state index in [1.807, 2.05) is 0 Å². The van der Waals surface area contributed by atoms with Gasteiger partial charge in [-0.05, 0) is 45.4 Å². The molecule has 0 aromatic rings. The molecule has 0 rings (SSSR count). The van der Waals surface area contributed by atoms with Gasteiger partial charge in [-0.15, -0.1) is 0 Å². The Morgan fingerprint density at radius 3 is 1.89 bits per heavy atom. The van der Waals surface area contributed by atoms with Crippen molar-refractivity contribution < 1.29 is 32.5 Å². The fourth-order valence-electron chi connectivity index (χ4n) is 3.32. The van der Waals surface area contributed by atoms with Crippen LogP contribution in [0.5, 0.6) is 0 Å². The first kappa shape index (κ1) is 27.3. The summed E-state index contributed by atoms with van der Waals surface area (Å²) in [4.78, 5) is 23.2. The Morgan fingerprint density at radius 2 is 1.39 bits per heavy atom. The fourth-order valence-corrected chi connectivity index (χ4v) is 4.06. The van der Waals surface area contributed by atoms with Crippen molar-refractivity contribution in [2.75, 3.05) is 46.0 Å². The third-order valence-electron chi connectivity index (χ3n) is 4.53. The van der Waals surface area contributed by atoms with E-state index in [0.717, 1.165) is 43.4 Å². The number of quaternary nitrogens is 1. The Kier molecular flexibility index (Phi) is 14.8. The molecule has 0 aromatic carbocycles. The molecule has 8 heteroatoms. The molecule has 0 spiro atoms. The van der Waals surface area contributed by atoms with Crippen molar-refractivity contribution in [2.45, 2.75) is 66.2 Å². The number of phosphoric ester groups is 1. The third kappa shape index (κ3) is 12.7. The van der Waals surface area contributed by atoms with E-state index in [1.54, 1.807) is 6.92 Å². The van der Waals surface area contributed by atoms with Gasteiger partial charge in [0.25, 0.3) is 7.82 Å². The molecule has 1 atom stereocenters. The quantitative estimate of drug-likeness (QED) is 0.110. The lowest BCUT2D eigenvalue weighted by Gasteiger charge is -2.39. The van der Waals surface area contributed by atoms with Crippen molar-refractivity contribution in [2.24, 2.45) is 0 Å². The Morgan fingerprint density at radius 1 is 0.893 bits per heavy atom. The number of esters is 1. The maximum Gasteiger partial charge on any atom is 0.333 e. The van der Waals surface area contributed by atoms with Crippen LogP contribution in [0.4, 0.5) is 0 Å². The number of hydrogen-bond acceptors (Lipinski definition) is 6. The van der Waals surface area contributed by atoms with Gasteiger partial charge < -0.3 is 23.2 Å². The highest BCUT2D eigenvalue weighted by Gasteiger charge is 2.25. The molecule has 166 valence electrons. The Balaban J connectivity index is 4.10. The van der Waals surface area contributed by atoms with Crippen LogP contribution >= 0.6 is 7.82 Å². The summed E-state index contributed by atoms with van der Waals surface area (Å²) in [7, 11) is -4.28. The van der Waals surface area contributed by atoms with Crippen molar-refractivity contribution in [3.63, 3.8) is 0 Å². The lowest BCUT2D eigenvalue weighted by molar-refractivity contribution is -0.928. The largest absolute Gasteiger partial charge is 0.756 e. The number of phosphoric acid groups is 1. The van der Waals surface area contributed by atoms with Gasteiger partial charge in [0.1, 0.15) is 13.2 Å². The molecule has 0 amide bonds. The molecule has 0 aliphatic heterocycles. The van der Waals surface area contributed by atoms with Gasteiger partial charge in [-0.1, -0.05) is 27.4 Å². The van der Waals surface area contributed by atoms with E-state index in [4.69, 9.17) is 13.8 Å². The van der Waals surface area contributed by atoms with Crippen LogP contribution in [0.2, 0.25) is 0 Å². The molecule has 0 aromatic heterocycles. The van der Waals surface area contributed by atoms with E-state index in [1.165, 1.54) is 0 Å². The molecule has 1 unspecified atom stereocenters. The average molecular weight is 422 g/mol. The summed E-state index contributed by atoms with van der Waals surface area (Å²) in [5.41, 5.74) is 0.368. The minimum Gasteiger partial charge on any atom is -0.756 e. The van der Waals surface area contributed by atoms with Crippen LogP contribution in [0.25, 0.3) is 0 Å². The SMILES string of the molecule is C=C(C)C(=O)OCCCCCOP(=O)([O-])OCC[N+](CCC)(CCC)CCC. The monoisotopic (exact) mass is 421 g/mol. The highest BCUT2D eigenvalue weighted by Crippen LogP contribution is 2.38. The smallest absolute Gasteiger partial charge is 0.333 e. The van der Waals surface area contributed by atoms with E-state index in [2.05, 4.69) is 27.4 Å². The van der Waals surface area contributed by atoms with Crippen LogP contribution in [0.3, 0.4) is 0 Å². The summed E-state index contributed by atoms with van der Waals surface area (Å²) in [5, 5.41) is 0. The van der Waals surface area contributed by atoms with Crippen molar-refractivity contribution in [3.05, 3.63) is 12.2 Å². The standard InChI is InChI=1S/C20H40NO6P/c1-6-12-21(13-7-2,14-8-3)15-18-27-28(23,24)26-17-11-9-10-16-25-20(22)19(4)5/h4,6-18H2,1-3,5H3. The van der Waals surface area contributed by atoms with Crippen LogP contribution in [0.15, 0.2) is 12.2 Å². The van der Waals surface area contributed by atoms with Crippen molar-refractivity contribution in [1.82, 2.24) is 0 Å². The first-order valence-corrected chi connectivity index (χ1v) is 12.0. The Labute approximate surface area is 171 Å². The van der Waals surface area contributed by atoms with Gasteiger partial charge in [-0.3, -0.25) is 4.57 Å². The van der Waals surface area contributed by atoms with Gasteiger partial charge in [0, 0.05) is 5.57 Å². The number of carbonyl (C=O) groups excluding carboxylic acids is 1. The second-order valence-corrected chi connectivity index (χ2v) is 8.74. The average Bonchev–Trinajstić information content (AvgIpc) is 2.61. The van der Waals surface area contributed by atoms with Gasteiger partial charge >= 0.3 is 5.97 Å². The van der Waals surface area contributed by atoms with Crippen LogP contribution in [0.1, 0.15) is 66.2 Å². The molecule has 28 heavy (non-hydrogen) atoms. The van der Waals surface area contributed by atoms with E-state index in [-0.39, 0.29) is 13.2 Å². The Hall–Kier alpha value is -0.720. The first-order chi connectivity index (χ1) is 13.2. The molecule has 0 heterocycles. The molecule has 0 aliphatic carbocycles. The summed E-state index contributed by atoms with van der Waals surface area (Å²) in [6.45, 7) is 15.9. The number of nitrogens with zero attached hydrogens (tertiary/aromatic N) is 1. The van der Waals surface area contributed by atoms with Crippen LogP contribution in [-0.4, -0.2) is 56.5 Å². The second-order valence-electron chi connectivity index (χ2n) is 7.33. The molecule has 0 bridgehead atoms. The fraction of sp³-hybridized carbons (Fsp3) is 0.850. The molecular formula is C20H40NO6P. The summed E-state index contributed by atoms with van der Waals surface area (Å²) >= 11 is 0. The van der Waals surface area contributed by atoms with Gasteiger partial charge in [-0.25, -0.2) is 4.79 Å². The number of unbranched alkanes of at least 4 members (excludes halogenated alkanes) is 2. The normalized spacial score (nSPS) is 13.9. The van der Waals surface area contributed by atoms with Crippen molar-refractivity contribution in [3.8, 4) is 0 Å². The molecule has 7 nitrogen and oxygen atoms in total. The topological polar surface area (TPSA) is 84.9 Å². The summed E-state index contributed by atoms with van der Waals surface area (Å²) < 4.78 is 27.8. The number of ether oxygens (including phenoxy) is 1. The van der Waals surface area contributed by atoms with E-state index < -0.39 is 13.8 Å². The third-order valence-corrected chi connectivity index (χ3v) is 5.53. The summed E-state index contributed by atoms with van der Waals surface area (Å²) in [6, 6.07) is 0. The van der Waals surface area contributed by atoms with Gasteiger partial charge in [-0.2, -0.15) is 0 Å². The van der Waals surface area contributed by atoms with E-state index in [0.29, 0.717) is 38.0 Å². The minimum atomic E-state index is -4.28. The van der Waals surface area contributed by atoms with E-state index in [9.17, 15) is 14.3 Å². The molecule has 0 saturated heterocycles. The predicted molar refractivity (Wildman–Crippen MR) is 110 cm³/mol. The summed E-state index contributed by atoms with van der Waals surface area (Å²) in [5.74, 6) is -0.405. The highest BCUT2D eigenvalue weighted by molar-refractivity contribution is 7.45. The predicted octanol–water partition coefficient (Wildman–Crippen LogP) is 3.82. The van der Waals surface area contributed by atoms with Gasteiger partial charge in [0.05, 0.1) is 32.8 Å². The zero-order valence-electron chi connectivity index (χ0n) is 18.2. The number of rotatable bonds is 18. The molecule has 0 radical (unpaired) electrons. The molecule has 0 saturated carbocycles. The molecule has 0 aliphatic rings. The Bertz CT molecular complexity index is 480. The number of carbonyl (C=O) groups is 1. The zero-order valence-corrected chi connectivity index (χ0v) is 19.1. The maximum absolute atomic E-state index is 11.9. The van der Waals surface area contributed by atoms with Crippen molar-refractivity contribution in [1.29, 1.82) is 0 Å². The van der Waals surface area contributed by atoms with Gasteiger partial charge in [0.2, 0.25) is 0 Å². The van der Waals surface area contributed by atoms with Crippen LogP contribution < -0.4 is 4.89 Å². The first-order valence-electron chi connectivity index (χ1n) is 10.5.